The molecule has 2 fully saturated rings. The van der Waals surface area contributed by atoms with E-state index in [1.54, 1.807) is 6.08 Å². The van der Waals surface area contributed by atoms with E-state index in [2.05, 4.69) is 34.4 Å². The molecule has 212 valence electrons. The molecule has 1 saturated carbocycles. The van der Waals surface area contributed by atoms with Gasteiger partial charge in [-0.25, -0.2) is 4.98 Å². The number of rotatable bonds is 13. The molecule has 3 aliphatic rings. The van der Waals surface area contributed by atoms with Crippen LogP contribution in [0.4, 0.5) is 0 Å². The molecule has 8 heteroatoms. The molecule has 1 amide bonds. The molecule has 8 nitrogen and oxygen atoms in total. The molecular formula is C31H46N6O2. The molecule has 1 aromatic rings. The van der Waals surface area contributed by atoms with Crippen LogP contribution in [0.1, 0.15) is 96.1 Å². The van der Waals surface area contributed by atoms with Gasteiger partial charge in [0.2, 0.25) is 5.91 Å². The lowest BCUT2D eigenvalue weighted by molar-refractivity contribution is -0.124. The summed E-state index contributed by atoms with van der Waals surface area (Å²) in [5.41, 5.74) is 3.25. The van der Waals surface area contributed by atoms with Gasteiger partial charge < -0.3 is 25.9 Å². The van der Waals surface area contributed by atoms with Crippen LogP contribution in [0.15, 0.2) is 36.2 Å². The molecule has 0 radical (unpaired) electrons. The molecule has 1 saturated heterocycles. The Hall–Kier alpha value is -3.00. The fraction of sp³-hybridized carbons (Fsp3) is 0.613. The van der Waals surface area contributed by atoms with Crippen molar-refractivity contribution in [2.75, 3.05) is 20.1 Å². The second-order valence-corrected chi connectivity index (χ2v) is 11.7. The first-order valence-electron chi connectivity index (χ1n) is 14.7. The van der Waals surface area contributed by atoms with Gasteiger partial charge in [0, 0.05) is 49.2 Å². The largest absolute Gasteiger partial charge is 0.393 e. The summed E-state index contributed by atoms with van der Waals surface area (Å²) >= 11 is 0. The van der Waals surface area contributed by atoms with E-state index in [1.807, 2.05) is 38.5 Å². The van der Waals surface area contributed by atoms with E-state index in [4.69, 9.17) is 10.4 Å². The maximum Gasteiger partial charge on any atom is 0.224 e. The molecule has 1 aromatic heterocycles. The summed E-state index contributed by atoms with van der Waals surface area (Å²) in [6.07, 6.45) is 17.3. The number of carbonyl (C=O) groups is 2. The number of nitrogens with zero attached hydrogens (tertiary/aromatic N) is 2. The lowest BCUT2D eigenvalue weighted by atomic mass is 9.90. The highest BCUT2D eigenvalue weighted by Gasteiger charge is 2.58. The smallest absolute Gasteiger partial charge is 0.224 e. The third-order valence-electron chi connectivity index (χ3n) is 8.78. The number of nitrogens with one attached hydrogen (secondary N) is 4. The zero-order valence-electron chi connectivity index (χ0n) is 24.1. The number of carbonyl (C=O) groups excluding carboxylic acids is 2. The minimum absolute atomic E-state index is 0.0927. The first-order chi connectivity index (χ1) is 18.8. The minimum atomic E-state index is -0.194. The number of likely N-dealkylation sites (tertiary alicyclic amines) is 1. The van der Waals surface area contributed by atoms with Gasteiger partial charge in [0.25, 0.3) is 0 Å². The summed E-state index contributed by atoms with van der Waals surface area (Å²) in [5, 5.41) is 14.5. The highest BCUT2D eigenvalue weighted by molar-refractivity contribution is 6.12. The van der Waals surface area contributed by atoms with E-state index in [1.165, 1.54) is 0 Å². The molecule has 0 aromatic carbocycles. The maximum absolute atomic E-state index is 13.5. The van der Waals surface area contributed by atoms with E-state index >= 15 is 0 Å². The molecule has 4 rings (SSSR count). The van der Waals surface area contributed by atoms with Crippen molar-refractivity contribution in [2.24, 2.45) is 11.3 Å². The summed E-state index contributed by atoms with van der Waals surface area (Å²) in [7, 11) is 1.82. The number of aromatic nitrogens is 2. The highest BCUT2D eigenvalue weighted by atomic mass is 16.2. The lowest BCUT2D eigenvalue weighted by Gasteiger charge is -2.35. The molecule has 0 bridgehead atoms. The van der Waals surface area contributed by atoms with Gasteiger partial charge in [-0.3, -0.25) is 9.59 Å². The van der Waals surface area contributed by atoms with Crippen LogP contribution >= 0.6 is 0 Å². The fourth-order valence-corrected chi connectivity index (χ4v) is 6.00. The van der Waals surface area contributed by atoms with Crippen molar-refractivity contribution in [2.45, 2.75) is 90.6 Å². The summed E-state index contributed by atoms with van der Waals surface area (Å²) < 4.78 is 0. The predicted molar refractivity (Wildman–Crippen MR) is 156 cm³/mol. The third kappa shape index (κ3) is 7.15. The first-order valence-corrected chi connectivity index (χ1v) is 14.7. The van der Waals surface area contributed by atoms with E-state index in [0.29, 0.717) is 30.4 Å². The number of hydrogen-bond acceptors (Lipinski definition) is 6. The average Bonchev–Trinajstić information content (AvgIpc) is 3.39. The zero-order chi connectivity index (χ0) is 28.0. The fourth-order valence-electron chi connectivity index (χ4n) is 6.00. The van der Waals surface area contributed by atoms with Crippen LogP contribution < -0.4 is 10.6 Å². The summed E-state index contributed by atoms with van der Waals surface area (Å²) in [6.45, 7) is 8.56. The van der Waals surface area contributed by atoms with Gasteiger partial charge in [-0.05, 0) is 76.6 Å². The molecular weight excluding hydrogens is 488 g/mol. The van der Waals surface area contributed by atoms with E-state index in [9.17, 15) is 9.59 Å². The zero-order valence-corrected chi connectivity index (χ0v) is 24.1. The van der Waals surface area contributed by atoms with Crippen molar-refractivity contribution in [3.8, 4) is 0 Å². The summed E-state index contributed by atoms with van der Waals surface area (Å²) in [4.78, 5) is 35.8. The number of allylic oxidation sites excluding steroid dienone is 5. The number of amides is 1. The van der Waals surface area contributed by atoms with E-state index < -0.39 is 0 Å². The molecule has 2 aliphatic carbocycles. The number of aromatic amines is 1. The number of H-pyrrole nitrogens is 1. The standard InChI is InChI=1S/C31H46N6O2/c1-5-24(38)9-7-6-8-10-27(36-30(39)25-18-31(25)13-15-37(16-14-31)21(2)3)29-34-20-28(35-29)22-11-12-26(32)23(17-22)19-33-4/h11-12,17,19-21,25,27,32-33H,5-10,13-16,18H2,1-4H3,(H,34,35)(H,36,39)/b23-19-,32-26?/t25-,27+/m1/s1. The number of hydrogen-bond donors (Lipinski definition) is 4. The molecule has 4 N–H and O–H groups in total. The highest BCUT2D eigenvalue weighted by Crippen LogP contribution is 2.59. The second kappa shape index (κ2) is 12.9. The Balaban J connectivity index is 1.43. The molecule has 39 heavy (non-hydrogen) atoms. The molecule has 1 spiro atoms. The molecule has 2 atom stereocenters. The first kappa shape index (κ1) is 29.0. The van der Waals surface area contributed by atoms with Crippen LogP contribution in [0.2, 0.25) is 0 Å². The van der Waals surface area contributed by atoms with Gasteiger partial charge in [0.1, 0.15) is 11.6 Å². The number of piperidine rings is 1. The minimum Gasteiger partial charge on any atom is -0.393 e. The maximum atomic E-state index is 13.5. The quantitative estimate of drug-likeness (QED) is 0.264. The number of ketones is 1. The summed E-state index contributed by atoms with van der Waals surface area (Å²) in [6, 6.07) is 0.364. The van der Waals surface area contributed by atoms with Gasteiger partial charge in [-0.1, -0.05) is 25.8 Å². The van der Waals surface area contributed by atoms with Gasteiger partial charge in [-0.15, -0.1) is 0 Å². The van der Waals surface area contributed by atoms with Gasteiger partial charge in [0.15, 0.2) is 0 Å². The Morgan fingerprint density at radius 3 is 2.69 bits per heavy atom. The van der Waals surface area contributed by atoms with Crippen LogP contribution in [0.25, 0.3) is 5.57 Å². The SMILES string of the molecule is CCC(=O)CCCCC[C@H](NC(=O)[C@H]1CC12CCN(C(C)C)CC2)c1ncc(C2=C/C(=C/NC)C(=N)C=C2)[nH]1. The van der Waals surface area contributed by atoms with Crippen LogP contribution in [0.3, 0.4) is 0 Å². The van der Waals surface area contributed by atoms with Crippen molar-refractivity contribution in [3.63, 3.8) is 0 Å². The Labute approximate surface area is 233 Å². The van der Waals surface area contributed by atoms with E-state index in [0.717, 1.165) is 80.7 Å². The summed E-state index contributed by atoms with van der Waals surface area (Å²) in [5.74, 6) is 1.32. The van der Waals surface area contributed by atoms with E-state index in [-0.39, 0.29) is 23.3 Å². The number of Topliss-reactive ketones (excluding diaryl/α,β-unsaturated/α-hetero) is 1. The third-order valence-corrected chi connectivity index (χ3v) is 8.78. The Bertz CT molecular complexity index is 1140. The molecule has 2 heterocycles. The Morgan fingerprint density at radius 2 is 2.00 bits per heavy atom. The Morgan fingerprint density at radius 1 is 1.23 bits per heavy atom. The predicted octanol–water partition coefficient (Wildman–Crippen LogP) is 5.08. The number of imidazole rings is 1. The van der Waals surface area contributed by atoms with Gasteiger partial charge in [0.05, 0.1) is 23.6 Å². The molecule has 1 aliphatic heterocycles. The normalized spacial score (nSPS) is 22.3. The van der Waals surface area contributed by atoms with Crippen molar-refractivity contribution in [3.05, 3.63) is 47.7 Å². The Kier molecular flexibility index (Phi) is 9.59. The van der Waals surface area contributed by atoms with Gasteiger partial charge >= 0.3 is 0 Å². The van der Waals surface area contributed by atoms with Crippen LogP contribution in [-0.4, -0.2) is 58.4 Å². The lowest BCUT2D eigenvalue weighted by Crippen LogP contribution is -2.41. The second-order valence-electron chi connectivity index (χ2n) is 11.7. The number of unbranched alkanes of at least 4 members (excludes halogenated alkanes) is 2. The van der Waals surface area contributed by atoms with Crippen molar-refractivity contribution in [1.29, 1.82) is 5.41 Å². The van der Waals surface area contributed by atoms with Crippen molar-refractivity contribution in [1.82, 2.24) is 25.5 Å². The van der Waals surface area contributed by atoms with Crippen LogP contribution in [0, 0.1) is 16.7 Å². The van der Waals surface area contributed by atoms with Crippen LogP contribution in [-0.2, 0) is 9.59 Å². The van der Waals surface area contributed by atoms with Crippen LogP contribution in [0.5, 0.6) is 0 Å². The monoisotopic (exact) mass is 534 g/mol. The molecule has 0 unspecified atom stereocenters. The van der Waals surface area contributed by atoms with Gasteiger partial charge in [-0.2, -0.15) is 0 Å². The van der Waals surface area contributed by atoms with Crippen molar-refractivity contribution < 1.29 is 9.59 Å². The topological polar surface area (TPSA) is 114 Å². The average molecular weight is 535 g/mol. The van der Waals surface area contributed by atoms with Crippen molar-refractivity contribution >= 4 is 23.0 Å².